The minimum Gasteiger partial charge on any atom is -0.404 e. The minimum absolute atomic E-state index is 0.111. The van der Waals surface area contributed by atoms with Crippen LogP contribution in [0.1, 0.15) is 10.4 Å². The highest BCUT2D eigenvalue weighted by Gasteiger charge is 2.32. The fraction of sp³-hybridized carbons (Fsp3) is 0.364. The maximum Gasteiger partial charge on any atom is 0.573 e. The number of rotatable bonds is 4. The van der Waals surface area contributed by atoms with Gasteiger partial charge in [0.05, 0.1) is 12.3 Å². The lowest BCUT2D eigenvalue weighted by molar-refractivity contribution is -0.274. The van der Waals surface area contributed by atoms with Crippen LogP contribution in [0.3, 0.4) is 0 Å². The molecule has 1 rings (SSSR count). The predicted molar refractivity (Wildman–Crippen MR) is 61.6 cm³/mol. The van der Waals surface area contributed by atoms with Gasteiger partial charge >= 0.3 is 6.36 Å². The molecule has 0 saturated carbocycles. The zero-order chi connectivity index (χ0) is 14.6. The number of carbonyl (C=O) groups excluding carboxylic acids is 1. The third-order valence-electron chi connectivity index (χ3n) is 2.26. The Kier molecular flexibility index (Phi) is 4.60. The zero-order valence-corrected chi connectivity index (χ0v) is 10.1. The van der Waals surface area contributed by atoms with Gasteiger partial charge in [0.2, 0.25) is 0 Å². The summed E-state index contributed by atoms with van der Waals surface area (Å²) < 4.78 is 39.8. The van der Waals surface area contributed by atoms with E-state index in [4.69, 9.17) is 10.8 Å². The number of ether oxygens (including phenoxy) is 1. The summed E-state index contributed by atoms with van der Waals surface area (Å²) >= 11 is 0. The number of anilines is 1. The molecule has 106 valence electrons. The quantitative estimate of drug-likeness (QED) is 0.812. The van der Waals surface area contributed by atoms with Gasteiger partial charge < -0.3 is 20.5 Å². The number of nitrogens with zero attached hydrogens (tertiary/aromatic N) is 1. The van der Waals surface area contributed by atoms with Gasteiger partial charge in [0.1, 0.15) is 0 Å². The number of nitrogens with two attached hydrogens (primary N) is 1. The molecule has 0 radical (unpaired) electrons. The highest BCUT2D eigenvalue weighted by molar-refractivity contribution is 5.95. The summed E-state index contributed by atoms with van der Waals surface area (Å²) in [6.45, 7) is -0.105. The summed E-state index contributed by atoms with van der Waals surface area (Å²) in [7, 11) is 1.45. The Hall–Kier alpha value is -1.96. The molecule has 3 N–H and O–H groups in total. The number of hydrogen-bond acceptors (Lipinski definition) is 4. The highest BCUT2D eigenvalue weighted by Crippen LogP contribution is 2.29. The molecule has 1 amide bonds. The largest absolute Gasteiger partial charge is 0.573 e. The molecule has 0 aromatic heterocycles. The first-order valence-electron chi connectivity index (χ1n) is 5.26. The molecule has 0 spiro atoms. The Bertz CT molecular complexity index is 463. The van der Waals surface area contributed by atoms with E-state index in [-0.39, 0.29) is 24.4 Å². The summed E-state index contributed by atoms with van der Waals surface area (Å²) in [5, 5.41) is 8.70. The lowest BCUT2D eigenvalue weighted by atomic mass is 10.1. The van der Waals surface area contributed by atoms with E-state index in [2.05, 4.69) is 4.74 Å². The molecule has 0 aliphatic rings. The molecular weight excluding hydrogens is 265 g/mol. The number of aliphatic hydroxyl groups is 1. The average Bonchev–Trinajstić information content (AvgIpc) is 2.29. The maximum absolute atomic E-state index is 12.0. The van der Waals surface area contributed by atoms with E-state index in [0.717, 1.165) is 12.1 Å². The van der Waals surface area contributed by atoms with Crippen molar-refractivity contribution in [2.75, 3.05) is 25.9 Å². The van der Waals surface area contributed by atoms with Crippen LogP contribution in [0.25, 0.3) is 0 Å². The van der Waals surface area contributed by atoms with Gasteiger partial charge in [-0.1, -0.05) is 0 Å². The summed E-state index contributed by atoms with van der Waals surface area (Å²) in [4.78, 5) is 13.0. The SMILES string of the molecule is CN(CCO)C(=O)c1ccc(OC(F)(F)F)c(N)c1. The molecule has 19 heavy (non-hydrogen) atoms. The van der Waals surface area contributed by atoms with Crippen molar-refractivity contribution in [3.8, 4) is 5.75 Å². The third-order valence-corrected chi connectivity index (χ3v) is 2.26. The number of amides is 1. The van der Waals surface area contributed by atoms with Gasteiger partial charge in [0, 0.05) is 19.2 Å². The normalized spacial score (nSPS) is 11.2. The summed E-state index contributed by atoms with van der Waals surface area (Å²) in [6.07, 6.45) is -4.84. The summed E-state index contributed by atoms with van der Waals surface area (Å²) in [6, 6.07) is 3.24. The van der Waals surface area contributed by atoms with E-state index >= 15 is 0 Å². The average molecular weight is 278 g/mol. The van der Waals surface area contributed by atoms with Crippen molar-refractivity contribution < 1.29 is 27.8 Å². The number of nitrogen functional groups attached to an aromatic ring is 1. The van der Waals surface area contributed by atoms with Crippen molar-refractivity contribution in [2.45, 2.75) is 6.36 Å². The van der Waals surface area contributed by atoms with E-state index in [1.807, 2.05) is 0 Å². The molecule has 0 heterocycles. The lowest BCUT2D eigenvalue weighted by Crippen LogP contribution is -2.29. The number of halogens is 3. The Labute approximate surface area is 107 Å². The Morgan fingerprint density at radius 1 is 1.47 bits per heavy atom. The highest BCUT2D eigenvalue weighted by atomic mass is 19.4. The minimum atomic E-state index is -4.84. The first-order chi connectivity index (χ1) is 8.74. The molecule has 0 aliphatic carbocycles. The molecule has 0 unspecified atom stereocenters. The number of alkyl halides is 3. The van der Waals surface area contributed by atoms with Gasteiger partial charge in [-0.15, -0.1) is 13.2 Å². The van der Waals surface area contributed by atoms with Crippen LogP contribution in [0, 0.1) is 0 Å². The van der Waals surface area contributed by atoms with Gasteiger partial charge in [0.15, 0.2) is 5.75 Å². The van der Waals surface area contributed by atoms with Crippen molar-refractivity contribution in [1.29, 1.82) is 0 Å². The van der Waals surface area contributed by atoms with Crippen LogP contribution in [-0.4, -0.2) is 42.5 Å². The zero-order valence-electron chi connectivity index (χ0n) is 10.1. The molecule has 8 heteroatoms. The van der Waals surface area contributed by atoms with Crippen LogP contribution in [0.2, 0.25) is 0 Å². The fourth-order valence-electron chi connectivity index (χ4n) is 1.37. The molecule has 1 aromatic rings. The summed E-state index contributed by atoms with van der Waals surface area (Å²) in [5.41, 5.74) is 5.22. The second-order valence-corrected chi connectivity index (χ2v) is 3.75. The summed E-state index contributed by atoms with van der Waals surface area (Å²) in [5.74, 6) is -1.02. The van der Waals surface area contributed by atoms with Crippen LogP contribution in [0.15, 0.2) is 18.2 Å². The number of hydrogen-bond donors (Lipinski definition) is 2. The molecule has 1 aromatic carbocycles. The van der Waals surface area contributed by atoms with Crippen molar-refractivity contribution in [1.82, 2.24) is 4.90 Å². The van der Waals surface area contributed by atoms with Gasteiger partial charge in [-0.3, -0.25) is 4.79 Å². The topological polar surface area (TPSA) is 75.8 Å². The Morgan fingerprint density at radius 2 is 2.11 bits per heavy atom. The molecule has 0 aliphatic heterocycles. The Balaban J connectivity index is 2.90. The molecule has 5 nitrogen and oxygen atoms in total. The van der Waals surface area contributed by atoms with Crippen LogP contribution < -0.4 is 10.5 Å². The van der Waals surface area contributed by atoms with Gasteiger partial charge in [-0.2, -0.15) is 0 Å². The molecule has 0 bridgehead atoms. The van der Waals surface area contributed by atoms with Crippen molar-refractivity contribution in [3.05, 3.63) is 23.8 Å². The molecular formula is C11H13F3N2O3. The number of likely N-dealkylation sites (N-methyl/N-ethyl adjacent to an activating group) is 1. The second kappa shape index (κ2) is 5.79. The van der Waals surface area contributed by atoms with Gasteiger partial charge in [-0.25, -0.2) is 0 Å². The standard InChI is InChI=1S/C11H13F3N2O3/c1-16(4-5-17)10(18)7-2-3-9(8(15)6-7)19-11(12,13)14/h2-3,6,17H,4-5,15H2,1H3. The first-order valence-corrected chi connectivity index (χ1v) is 5.26. The van der Waals surface area contributed by atoms with Gasteiger partial charge in [0.25, 0.3) is 5.91 Å². The van der Waals surface area contributed by atoms with Crippen molar-refractivity contribution in [3.63, 3.8) is 0 Å². The van der Waals surface area contributed by atoms with E-state index in [0.29, 0.717) is 0 Å². The fourth-order valence-corrected chi connectivity index (χ4v) is 1.37. The van der Waals surface area contributed by atoms with Crippen molar-refractivity contribution >= 4 is 11.6 Å². The van der Waals surface area contributed by atoms with Crippen LogP contribution >= 0.6 is 0 Å². The van der Waals surface area contributed by atoms with Crippen LogP contribution in [-0.2, 0) is 0 Å². The Morgan fingerprint density at radius 3 is 2.58 bits per heavy atom. The lowest BCUT2D eigenvalue weighted by Gasteiger charge is -2.17. The second-order valence-electron chi connectivity index (χ2n) is 3.75. The first kappa shape index (κ1) is 15.1. The predicted octanol–water partition coefficient (Wildman–Crippen LogP) is 1.23. The molecule has 0 saturated heterocycles. The third kappa shape index (κ3) is 4.32. The smallest absolute Gasteiger partial charge is 0.404 e. The van der Waals surface area contributed by atoms with E-state index in [9.17, 15) is 18.0 Å². The number of aliphatic hydroxyl groups excluding tert-OH is 1. The maximum atomic E-state index is 12.0. The van der Waals surface area contributed by atoms with E-state index in [1.54, 1.807) is 0 Å². The monoisotopic (exact) mass is 278 g/mol. The molecule has 0 atom stereocenters. The van der Waals surface area contributed by atoms with E-state index in [1.165, 1.54) is 18.0 Å². The van der Waals surface area contributed by atoms with E-state index < -0.39 is 18.0 Å². The van der Waals surface area contributed by atoms with Crippen LogP contribution in [0.4, 0.5) is 18.9 Å². The van der Waals surface area contributed by atoms with Gasteiger partial charge in [-0.05, 0) is 18.2 Å². The van der Waals surface area contributed by atoms with Crippen LogP contribution in [0.5, 0.6) is 5.75 Å². The molecule has 0 fully saturated rings. The van der Waals surface area contributed by atoms with Crippen molar-refractivity contribution in [2.24, 2.45) is 0 Å². The number of benzene rings is 1. The number of carbonyl (C=O) groups is 1.